The highest BCUT2D eigenvalue weighted by atomic mass is 32.2. The SMILES string of the molecule is CN(C)c1ccc(NC(=O)COc2ccc(C3SCCCS3)cc2)c(C(F)(F)F)c1. The Morgan fingerprint density at radius 1 is 1.13 bits per heavy atom. The van der Waals surface area contributed by atoms with Crippen molar-refractivity contribution in [3.8, 4) is 5.75 Å². The summed E-state index contributed by atoms with van der Waals surface area (Å²) in [7, 11) is 3.30. The van der Waals surface area contributed by atoms with Crippen LogP contribution in [0.3, 0.4) is 0 Å². The second-order valence-corrected chi connectivity index (χ2v) is 9.68. The van der Waals surface area contributed by atoms with Crippen molar-refractivity contribution in [3.05, 3.63) is 53.6 Å². The van der Waals surface area contributed by atoms with Crippen LogP contribution < -0.4 is 15.0 Å². The van der Waals surface area contributed by atoms with Crippen molar-refractivity contribution < 1.29 is 22.7 Å². The summed E-state index contributed by atoms with van der Waals surface area (Å²) >= 11 is 3.82. The minimum atomic E-state index is -4.58. The van der Waals surface area contributed by atoms with E-state index in [1.165, 1.54) is 24.1 Å². The van der Waals surface area contributed by atoms with Gasteiger partial charge in [-0.3, -0.25) is 4.79 Å². The van der Waals surface area contributed by atoms with E-state index in [0.29, 0.717) is 16.0 Å². The molecule has 0 spiro atoms. The van der Waals surface area contributed by atoms with Crippen LogP contribution >= 0.6 is 23.5 Å². The fraction of sp³-hybridized carbons (Fsp3) is 0.381. The Balaban J connectivity index is 1.60. The number of halogens is 3. The Bertz CT molecular complexity index is 868. The molecule has 2 aromatic rings. The topological polar surface area (TPSA) is 41.6 Å². The van der Waals surface area contributed by atoms with Gasteiger partial charge in [-0.05, 0) is 53.8 Å². The first-order valence-electron chi connectivity index (χ1n) is 9.38. The Morgan fingerprint density at radius 3 is 2.40 bits per heavy atom. The Labute approximate surface area is 182 Å². The van der Waals surface area contributed by atoms with E-state index in [9.17, 15) is 18.0 Å². The predicted octanol–water partition coefficient (Wildman–Crippen LogP) is 5.66. The van der Waals surface area contributed by atoms with Crippen molar-refractivity contribution >= 4 is 40.8 Å². The number of rotatable bonds is 6. The molecule has 162 valence electrons. The molecule has 0 atom stereocenters. The lowest BCUT2D eigenvalue weighted by molar-refractivity contribution is -0.137. The summed E-state index contributed by atoms with van der Waals surface area (Å²) < 4.78 is 46.0. The third-order valence-corrected chi connectivity index (χ3v) is 7.46. The zero-order valence-electron chi connectivity index (χ0n) is 16.7. The molecule has 1 N–H and O–H groups in total. The van der Waals surface area contributed by atoms with Gasteiger partial charge in [0, 0.05) is 19.8 Å². The van der Waals surface area contributed by atoms with Crippen LogP contribution in [-0.2, 0) is 11.0 Å². The number of amides is 1. The van der Waals surface area contributed by atoms with Crippen molar-refractivity contribution in [1.29, 1.82) is 0 Å². The summed E-state index contributed by atoms with van der Waals surface area (Å²) in [5.74, 6) is 2.14. The predicted molar refractivity (Wildman–Crippen MR) is 119 cm³/mol. The monoisotopic (exact) mass is 456 g/mol. The molecule has 1 amide bonds. The molecule has 0 unspecified atom stereocenters. The number of nitrogens with one attached hydrogen (secondary N) is 1. The molecule has 1 fully saturated rings. The lowest BCUT2D eigenvalue weighted by Crippen LogP contribution is -2.22. The molecule has 2 aromatic carbocycles. The van der Waals surface area contributed by atoms with E-state index < -0.39 is 17.6 Å². The first kappa shape index (κ1) is 22.7. The quantitative estimate of drug-likeness (QED) is 0.608. The first-order chi connectivity index (χ1) is 14.2. The van der Waals surface area contributed by atoms with Gasteiger partial charge in [-0.1, -0.05) is 12.1 Å². The molecule has 9 heteroatoms. The van der Waals surface area contributed by atoms with E-state index in [1.807, 2.05) is 35.7 Å². The fourth-order valence-corrected chi connectivity index (χ4v) is 5.78. The van der Waals surface area contributed by atoms with E-state index in [0.717, 1.165) is 17.6 Å². The van der Waals surface area contributed by atoms with Crippen LogP contribution in [0.15, 0.2) is 42.5 Å². The average Bonchev–Trinajstić information content (AvgIpc) is 2.72. The van der Waals surface area contributed by atoms with Crippen molar-refractivity contribution in [2.45, 2.75) is 17.2 Å². The molecular formula is C21H23F3N2O2S2. The molecule has 3 rings (SSSR count). The number of hydrogen-bond donors (Lipinski definition) is 1. The minimum absolute atomic E-state index is 0.289. The molecule has 0 radical (unpaired) electrons. The van der Waals surface area contributed by atoms with Crippen molar-refractivity contribution in [2.75, 3.05) is 42.4 Å². The van der Waals surface area contributed by atoms with E-state index in [1.54, 1.807) is 31.1 Å². The maximum absolute atomic E-state index is 13.4. The molecule has 0 bridgehead atoms. The van der Waals surface area contributed by atoms with E-state index in [2.05, 4.69) is 5.32 Å². The van der Waals surface area contributed by atoms with E-state index in [4.69, 9.17) is 4.74 Å². The van der Waals surface area contributed by atoms with Gasteiger partial charge in [-0.2, -0.15) is 13.2 Å². The summed E-state index contributed by atoms with van der Waals surface area (Å²) in [5.41, 5.74) is 0.403. The number of nitrogens with zero attached hydrogens (tertiary/aromatic N) is 1. The number of benzene rings is 2. The molecule has 0 aliphatic carbocycles. The van der Waals surface area contributed by atoms with Gasteiger partial charge in [0.05, 0.1) is 15.8 Å². The molecule has 1 heterocycles. The standard InChI is InChI=1S/C21H23F3N2O2S2/c1-26(2)15-6-9-18(17(12-15)21(22,23)24)25-19(27)13-28-16-7-4-14(5-8-16)20-29-10-3-11-30-20/h4-9,12,20H,3,10-11,13H2,1-2H3,(H,25,27). The maximum atomic E-state index is 13.4. The van der Waals surface area contributed by atoms with Crippen molar-refractivity contribution in [1.82, 2.24) is 0 Å². The van der Waals surface area contributed by atoms with E-state index in [-0.39, 0.29) is 12.3 Å². The number of carbonyl (C=O) groups excluding carboxylic acids is 1. The second-order valence-electron chi connectivity index (χ2n) is 6.96. The molecule has 1 aliphatic heterocycles. The fourth-order valence-electron chi connectivity index (χ4n) is 2.89. The summed E-state index contributed by atoms with van der Waals surface area (Å²) in [6.07, 6.45) is -3.36. The van der Waals surface area contributed by atoms with Crippen LogP contribution in [-0.4, -0.2) is 38.1 Å². The van der Waals surface area contributed by atoms with Gasteiger partial charge in [-0.15, -0.1) is 23.5 Å². The van der Waals surface area contributed by atoms with Crippen molar-refractivity contribution in [3.63, 3.8) is 0 Å². The molecule has 4 nitrogen and oxygen atoms in total. The number of hydrogen-bond acceptors (Lipinski definition) is 5. The third kappa shape index (κ3) is 6.01. The Morgan fingerprint density at radius 2 is 1.80 bits per heavy atom. The molecule has 0 saturated carbocycles. The third-order valence-electron chi connectivity index (χ3n) is 4.45. The largest absolute Gasteiger partial charge is 0.484 e. The zero-order chi connectivity index (χ0) is 21.7. The van der Waals surface area contributed by atoms with Gasteiger partial charge in [0.1, 0.15) is 5.75 Å². The van der Waals surface area contributed by atoms with Crippen molar-refractivity contribution in [2.24, 2.45) is 0 Å². The minimum Gasteiger partial charge on any atom is -0.484 e. The average molecular weight is 457 g/mol. The van der Waals surface area contributed by atoms with Crippen LogP contribution in [0.1, 0.15) is 22.1 Å². The van der Waals surface area contributed by atoms with Gasteiger partial charge in [0.25, 0.3) is 5.91 Å². The molecule has 1 aliphatic rings. The van der Waals surface area contributed by atoms with Gasteiger partial charge in [0.15, 0.2) is 6.61 Å². The van der Waals surface area contributed by atoms with Gasteiger partial charge >= 0.3 is 6.18 Å². The van der Waals surface area contributed by atoms with E-state index >= 15 is 0 Å². The molecule has 1 saturated heterocycles. The normalized spacial score (nSPS) is 15.0. The maximum Gasteiger partial charge on any atom is 0.418 e. The number of carbonyl (C=O) groups is 1. The zero-order valence-corrected chi connectivity index (χ0v) is 18.3. The lowest BCUT2D eigenvalue weighted by atomic mass is 10.1. The second kappa shape index (κ2) is 9.87. The molecule has 30 heavy (non-hydrogen) atoms. The number of thioether (sulfide) groups is 2. The highest BCUT2D eigenvalue weighted by Crippen LogP contribution is 2.43. The summed E-state index contributed by atoms with van der Waals surface area (Å²) in [5, 5.41) is 2.31. The first-order valence-corrected chi connectivity index (χ1v) is 11.5. The summed E-state index contributed by atoms with van der Waals surface area (Å²) in [4.78, 5) is 13.7. The van der Waals surface area contributed by atoms with Gasteiger partial charge in [-0.25, -0.2) is 0 Å². The summed E-state index contributed by atoms with van der Waals surface area (Å²) in [6.45, 7) is -0.376. The van der Waals surface area contributed by atoms with Crippen LogP contribution in [0.5, 0.6) is 5.75 Å². The Kier molecular flexibility index (Phi) is 7.46. The lowest BCUT2D eigenvalue weighted by Gasteiger charge is -2.21. The molecular weight excluding hydrogens is 433 g/mol. The van der Waals surface area contributed by atoms with Crippen LogP contribution in [0.4, 0.5) is 24.5 Å². The highest BCUT2D eigenvalue weighted by Gasteiger charge is 2.34. The van der Waals surface area contributed by atoms with Gasteiger partial charge in [0.2, 0.25) is 0 Å². The van der Waals surface area contributed by atoms with Crippen LogP contribution in [0, 0.1) is 0 Å². The number of anilines is 2. The van der Waals surface area contributed by atoms with Gasteiger partial charge < -0.3 is 15.0 Å². The van der Waals surface area contributed by atoms with Crippen LogP contribution in [0.25, 0.3) is 0 Å². The smallest absolute Gasteiger partial charge is 0.418 e. The highest BCUT2D eigenvalue weighted by molar-refractivity contribution is 8.16. The summed E-state index contributed by atoms with van der Waals surface area (Å²) in [6, 6.07) is 11.3. The molecule has 0 aromatic heterocycles. The number of alkyl halides is 3. The Hall–Kier alpha value is -2.00. The number of ether oxygens (including phenoxy) is 1. The van der Waals surface area contributed by atoms with Crippen LogP contribution in [0.2, 0.25) is 0 Å².